The van der Waals surface area contributed by atoms with Crippen LogP contribution in [-0.2, 0) is 23.9 Å². The third-order valence-electron chi connectivity index (χ3n) is 9.39. The quantitative estimate of drug-likeness (QED) is 0.202. The van der Waals surface area contributed by atoms with E-state index >= 15 is 0 Å². The van der Waals surface area contributed by atoms with E-state index in [1.54, 1.807) is 17.1 Å². The molecule has 226 valence electrons. The lowest BCUT2D eigenvalue weighted by Crippen LogP contribution is -2.63. The highest BCUT2D eigenvalue weighted by atomic mass is 16.6. The molecule has 8 heteroatoms. The second-order valence-electron chi connectivity index (χ2n) is 14.1. The highest BCUT2D eigenvalue weighted by molar-refractivity contribution is 5.99. The fourth-order valence-corrected chi connectivity index (χ4v) is 7.81. The first kappa shape index (κ1) is 32.3. The van der Waals surface area contributed by atoms with E-state index in [0.29, 0.717) is 32.2 Å². The summed E-state index contributed by atoms with van der Waals surface area (Å²) in [7, 11) is 0. The average Bonchev–Trinajstić information content (AvgIpc) is 3.42. The van der Waals surface area contributed by atoms with Crippen LogP contribution in [0, 0.1) is 23.2 Å². The van der Waals surface area contributed by atoms with Crippen molar-refractivity contribution >= 4 is 17.8 Å². The molecule has 2 amide bonds. The van der Waals surface area contributed by atoms with Gasteiger partial charge in [-0.3, -0.25) is 14.4 Å². The molecule has 0 aromatic carbocycles. The van der Waals surface area contributed by atoms with Crippen molar-refractivity contribution in [1.82, 2.24) is 9.80 Å². The Balaban J connectivity index is 2.17. The molecule has 0 saturated carbocycles. The van der Waals surface area contributed by atoms with Crippen molar-refractivity contribution in [2.75, 3.05) is 19.8 Å². The summed E-state index contributed by atoms with van der Waals surface area (Å²) < 4.78 is 12.4. The predicted octanol–water partition coefficient (Wildman–Crippen LogP) is 4.51. The Morgan fingerprint density at radius 3 is 2.40 bits per heavy atom. The molecule has 3 heterocycles. The highest BCUT2D eigenvalue weighted by Gasteiger charge is 2.79. The lowest BCUT2D eigenvalue weighted by molar-refractivity contribution is -0.164. The van der Waals surface area contributed by atoms with Crippen molar-refractivity contribution in [2.24, 2.45) is 23.2 Å². The van der Waals surface area contributed by atoms with Gasteiger partial charge in [0.2, 0.25) is 11.8 Å². The van der Waals surface area contributed by atoms with Crippen LogP contribution in [-0.4, -0.2) is 81.3 Å². The zero-order chi connectivity index (χ0) is 30.3. The number of hydrogen-bond acceptors (Lipinski definition) is 6. The van der Waals surface area contributed by atoms with Gasteiger partial charge in [0.25, 0.3) is 0 Å². The van der Waals surface area contributed by atoms with Crippen molar-refractivity contribution < 1.29 is 29.0 Å². The minimum Gasteiger partial charge on any atom is -0.465 e. The number of carbonyl (C=O) groups is 3. The summed E-state index contributed by atoms with van der Waals surface area (Å²) in [5, 5.41) is 10.6. The third kappa shape index (κ3) is 5.50. The van der Waals surface area contributed by atoms with Gasteiger partial charge in [-0.05, 0) is 57.8 Å². The number of carbonyl (C=O) groups excluding carboxylic acids is 3. The van der Waals surface area contributed by atoms with Gasteiger partial charge in [0.15, 0.2) is 0 Å². The summed E-state index contributed by atoms with van der Waals surface area (Å²) in [5.41, 5.74) is -2.70. The van der Waals surface area contributed by atoms with Gasteiger partial charge in [0.1, 0.15) is 17.6 Å². The van der Waals surface area contributed by atoms with Gasteiger partial charge in [0, 0.05) is 12.1 Å². The number of likely N-dealkylation sites (tertiary alicyclic amines) is 1. The van der Waals surface area contributed by atoms with E-state index in [2.05, 4.69) is 33.9 Å². The SMILES string of the molecule is C=CCCOC(=O)[C@H]1[C@H]2C(=O)N([C@@H](CO)[C@@H](C)CC)C(C(=O)N(CC=C)C(C)(C)CC(C)(C)C)C23CC[C@]1(C)O3. The number of aliphatic hydroxyl groups excluding tert-OH is 1. The summed E-state index contributed by atoms with van der Waals surface area (Å²) in [4.78, 5) is 46.2. The van der Waals surface area contributed by atoms with E-state index in [4.69, 9.17) is 9.47 Å². The number of hydrogen-bond donors (Lipinski definition) is 1. The maximum Gasteiger partial charge on any atom is 0.312 e. The molecule has 2 unspecified atom stereocenters. The number of esters is 1. The number of rotatable bonds is 13. The summed E-state index contributed by atoms with van der Waals surface area (Å²) in [5.74, 6) is -2.76. The molecule has 0 aromatic rings. The molecular weight excluding hydrogens is 508 g/mol. The zero-order valence-corrected chi connectivity index (χ0v) is 26.0. The van der Waals surface area contributed by atoms with Crippen LogP contribution in [0.3, 0.4) is 0 Å². The molecule has 8 nitrogen and oxygen atoms in total. The summed E-state index contributed by atoms with van der Waals surface area (Å²) in [6.07, 6.45) is 6.35. The number of nitrogens with zero attached hydrogens (tertiary/aromatic N) is 2. The van der Waals surface area contributed by atoms with Gasteiger partial charge < -0.3 is 24.4 Å². The fraction of sp³-hybridized carbons (Fsp3) is 0.781. The summed E-state index contributed by atoms with van der Waals surface area (Å²) >= 11 is 0. The van der Waals surface area contributed by atoms with Crippen LogP contribution in [0.2, 0.25) is 0 Å². The number of fused-ring (bicyclic) bond motifs is 1. The Morgan fingerprint density at radius 2 is 1.88 bits per heavy atom. The van der Waals surface area contributed by atoms with E-state index < -0.39 is 46.6 Å². The van der Waals surface area contributed by atoms with Gasteiger partial charge in [-0.25, -0.2) is 0 Å². The van der Waals surface area contributed by atoms with Crippen molar-refractivity contribution in [3.8, 4) is 0 Å². The van der Waals surface area contributed by atoms with Gasteiger partial charge in [-0.1, -0.05) is 53.2 Å². The highest BCUT2D eigenvalue weighted by Crippen LogP contribution is 2.64. The molecule has 3 aliphatic heterocycles. The number of ether oxygens (including phenoxy) is 2. The van der Waals surface area contributed by atoms with Gasteiger partial charge in [0.05, 0.1) is 30.8 Å². The molecule has 0 aliphatic carbocycles. The molecule has 7 atom stereocenters. The maximum absolute atomic E-state index is 14.9. The minimum atomic E-state index is -1.18. The average molecular weight is 561 g/mol. The van der Waals surface area contributed by atoms with Crippen molar-refractivity contribution in [3.05, 3.63) is 25.3 Å². The molecule has 0 radical (unpaired) electrons. The van der Waals surface area contributed by atoms with Crippen molar-refractivity contribution in [3.63, 3.8) is 0 Å². The Bertz CT molecular complexity index is 1000. The van der Waals surface area contributed by atoms with Gasteiger partial charge in [-0.2, -0.15) is 0 Å². The largest absolute Gasteiger partial charge is 0.465 e. The van der Waals surface area contributed by atoms with Crippen LogP contribution < -0.4 is 0 Å². The molecule has 1 N–H and O–H groups in total. The molecule has 3 fully saturated rings. The molecule has 40 heavy (non-hydrogen) atoms. The summed E-state index contributed by atoms with van der Waals surface area (Å²) in [6.45, 7) is 24.2. The van der Waals surface area contributed by atoms with Crippen molar-refractivity contribution in [2.45, 2.75) is 116 Å². The monoisotopic (exact) mass is 560 g/mol. The predicted molar refractivity (Wildman–Crippen MR) is 155 cm³/mol. The van der Waals surface area contributed by atoms with Crippen LogP contribution in [0.4, 0.5) is 0 Å². The topological polar surface area (TPSA) is 96.4 Å². The van der Waals surface area contributed by atoms with E-state index in [9.17, 15) is 19.5 Å². The first-order valence-electron chi connectivity index (χ1n) is 14.9. The third-order valence-corrected chi connectivity index (χ3v) is 9.39. The Hall–Kier alpha value is -2.19. The second-order valence-corrected chi connectivity index (χ2v) is 14.1. The molecule has 3 saturated heterocycles. The molecule has 0 aromatic heterocycles. The van der Waals surface area contributed by atoms with E-state index in [1.807, 2.05) is 39.5 Å². The maximum atomic E-state index is 14.9. The van der Waals surface area contributed by atoms with Gasteiger partial charge >= 0.3 is 5.97 Å². The van der Waals surface area contributed by atoms with E-state index in [1.165, 1.54) is 0 Å². The van der Waals surface area contributed by atoms with Gasteiger partial charge in [-0.15, -0.1) is 13.2 Å². The van der Waals surface area contributed by atoms with E-state index in [0.717, 1.165) is 6.42 Å². The van der Waals surface area contributed by atoms with Crippen LogP contribution in [0.1, 0.15) is 87.5 Å². The first-order chi connectivity index (χ1) is 18.5. The number of aliphatic hydroxyl groups is 1. The van der Waals surface area contributed by atoms with E-state index in [-0.39, 0.29) is 36.4 Å². The molecule has 3 aliphatic rings. The molecule has 3 rings (SSSR count). The summed E-state index contributed by atoms with van der Waals surface area (Å²) in [6, 6.07) is -1.56. The smallest absolute Gasteiger partial charge is 0.312 e. The lowest BCUT2D eigenvalue weighted by Gasteiger charge is -2.47. The minimum absolute atomic E-state index is 0.0599. The molecular formula is C32H52N2O6. The first-order valence-corrected chi connectivity index (χ1v) is 14.9. The lowest BCUT2D eigenvalue weighted by atomic mass is 9.66. The molecule has 2 bridgehead atoms. The van der Waals surface area contributed by atoms with Crippen molar-refractivity contribution in [1.29, 1.82) is 0 Å². The molecule has 1 spiro atoms. The second kappa shape index (κ2) is 11.6. The van der Waals surface area contributed by atoms with Crippen LogP contribution in [0.25, 0.3) is 0 Å². The number of amides is 2. The Labute approximate surface area is 241 Å². The fourth-order valence-electron chi connectivity index (χ4n) is 7.81. The van der Waals surface area contributed by atoms with Crippen LogP contribution >= 0.6 is 0 Å². The Kier molecular flexibility index (Phi) is 9.37. The zero-order valence-electron chi connectivity index (χ0n) is 26.0. The normalized spacial score (nSPS) is 31.1. The van der Waals surface area contributed by atoms with Crippen LogP contribution in [0.15, 0.2) is 25.3 Å². The Morgan fingerprint density at radius 1 is 1.23 bits per heavy atom. The standard InChI is InChI=1S/C32H52N2O6/c1-11-14-18-39-28(38)24-23-26(36)34(22(19-35)21(4)13-3)25(32(23)16-15-31(24,10)40-32)27(37)33(17-12-2)30(8,9)20-29(5,6)7/h11-12,21-25,35H,1-2,13-20H2,3-10H3/t21-,22-,23-,24+,25?,31-,32?/m0/s1. The van der Waals surface area contributed by atoms with Crippen LogP contribution in [0.5, 0.6) is 0 Å².